The molecule has 0 aromatic heterocycles. The third-order valence-electron chi connectivity index (χ3n) is 3.62. The van der Waals surface area contributed by atoms with E-state index in [2.05, 4.69) is 31.1 Å². The second-order valence-electron chi connectivity index (χ2n) is 6.61. The number of thioether (sulfide) groups is 1. The zero-order chi connectivity index (χ0) is 13.2. The highest BCUT2D eigenvalue weighted by molar-refractivity contribution is 8.14. The highest BCUT2D eigenvalue weighted by atomic mass is 32.2. The van der Waals surface area contributed by atoms with Crippen LogP contribution in [-0.2, 0) is 4.74 Å². The first-order valence-corrected chi connectivity index (χ1v) is 7.86. The normalized spacial score (nSPS) is 32.7. The second-order valence-corrected chi connectivity index (χ2v) is 7.90. The minimum Gasteiger partial charge on any atom is -0.379 e. The van der Waals surface area contributed by atoms with E-state index in [1.807, 2.05) is 18.9 Å². The predicted molar refractivity (Wildman–Crippen MR) is 79.3 cm³/mol. The first kappa shape index (κ1) is 14.2. The van der Waals surface area contributed by atoms with E-state index in [0.29, 0.717) is 22.8 Å². The Hall–Kier alpha value is -0.220. The summed E-state index contributed by atoms with van der Waals surface area (Å²) in [6.45, 7) is 7.87. The van der Waals surface area contributed by atoms with Crippen molar-refractivity contribution in [1.82, 2.24) is 5.32 Å². The van der Waals surface area contributed by atoms with Gasteiger partial charge in [-0.3, -0.25) is 4.99 Å². The molecule has 0 saturated heterocycles. The van der Waals surface area contributed by atoms with Gasteiger partial charge in [-0.2, -0.15) is 0 Å². The molecule has 3 atom stereocenters. The zero-order valence-electron chi connectivity index (χ0n) is 12.0. The summed E-state index contributed by atoms with van der Waals surface area (Å²) in [6, 6.07) is 0.467. The van der Waals surface area contributed by atoms with Crippen LogP contribution in [0.25, 0.3) is 0 Å². The third kappa shape index (κ3) is 3.89. The Morgan fingerprint density at radius 2 is 2.17 bits per heavy atom. The molecule has 1 heterocycles. The van der Waals surface area contributed by atoms with Crippen molar-refractivity contribution < 1.29 is 4.74 Å². The summed E-state index contributed by atoms with van der Waals surface area (Å²) in [6.07, 6.45) is 5.25. The Morgan fingerprint density at radius 1 is 1.39 bits per heavy atom. The molecule has 104 valence electrons. The highest BCUT2D eigenvalue weighted by Gasteiger charge is 2.31. The average molecular weight is 270 g/mol. The molecule has 1 aliphatic carbocycles. The van der Waals surface area contributed by atoms with Crippen LogP contribution >= 0.6 is 11.8 Å². The fraction of sp³-hybridized carbons (Fsp3) is 0.929. The summed E-state index contributed by atoms with van der Waals surface area (Å²) in [4.78, 5) is 4.65. The van der Waals surface area contributed by atoms with Gasteiger partial charge < -0.3 is 10.1 Å². The van der Waals surface area contributed by atoms with E-state index in [-0.39, 0.29) is 0 Å². The SMILES string of the molecule is COC1CCCC1NC1=NCC(CC(C)(C)C)S1. The second kappa shape index (κ2) is 5.83. The van der Waals surface area contributed by atoms with Crippen LogP contribution < -0.4 is 5.32 Å². The van der Waals surface area contributed by atoms with Crippen LogP contribution in [0.1, 0.15) is 46.5 Å². The number of ether oxygens (including phenoxy) is 1. The van der Waals surface area contributed by atoms with E-state index < -0.39 is 0 Å². The van der Waals surface area contributed by atoms with Crippen molar-refractivity contribution in [3.8, 4) is 0 Å². The number of hydrogen-bond acceptors (Lipinski definition) is 4. The predicted octanol–water partition coefficient (Wildman–Crippen LogP) is 3.05. The summed E-state index contributed by atoms with van der Waals surface area (Å²) in [5, 5.41) is 5.37. The largest absolute Gasteiger partial charge is 0.379 e. The van der Waals surface area contributed by atoms with Crippen LogP contribution in [-0.4, -0.2) is 36.2 Å². The monoisotopic (exact) mass is 270 g/mol. The van der Waals surface area contributed by atoms with Crippen LogP contribution in [0.2, 0.25) is 0 Å². The van der Waals surface area contributed by atoms with Crippen molar-refractivity contribution in [3.63, 3.8) is 0 Å². The number of nitrogens with zero attached hydrogens (tertiary/aromatic N) is 1. The van der Waals surface area contributed by atoms with Crippen molar-refractivity contribution in [2.45, 2.75) is 63.9 Å². The molecule has 1 fully saturated rings. The van der Waals surface area contributed by atoms with Gasteiger partial charge in [0.25, 0.3) is 0 Å². The topological polar surface area (TPSA) is 33.6 Å². The number of amidine groups is 1. The van der Waals surface area contributed by atoms with Crippen molar-refractivity contribution in [1.29, 1.82) is 0 Å². The standard InChI is InChI=1S/C14H26N2OS/c1-14(2,3)8-10-9-15-13(18-10)16-11-6-5-7-12(11)17-4/h10-12H,5-9H2,1-4H3,(H,15,16). The summed E-state index contributed by atoms with van der Waals surface area (Å²) in [7, 11) is 1.82. The van der Waals surface area contributed by atoms with Gasteiger partial charge in [-0.25, -0.2) is 0 Å². The Kier molecular flexibility index (Phi) is 4.59. The van der Waals surface area contributed by atoms with Crippen LogP contribution in [0.15, 0.2) is 4.99 Å². The molecule has 4 heteroatoms. The van der Waals surface area contributed by atoms with Gasteiger partial charge in [0, 0.05) is 12.4 Å². The Bertz CT molecular complexity index is 311. The Morgan fingerprint density at radius 3 is 2.83 bits per heavy atom. The molecule has 0 radical (unpaired) electrons. The number of methoxy groups -OCH3 is 1. The van der Waals surface area contributed by atoms with E-state index >= 15 is 0 Å². The maximum Gasteiger partial charge on any atom is 0.157 e. The van der Waals surface area contributed by atoms with E-state index in [0.717, 1.165) is 11.7 Å². The van der Waals surface area contributed by atoms with Gasteiger partial charge in [0.2, 0.25) is 0 Å². The van der Waals surface area contributed by atoms with E-state index in [1.165, 1.54) is 25.7 Å². The van der Waals surface area contributed by atoms with E-state index in [9.17, 15) is 0 Å². The molecular formula is C14H26N2OS. The van der Waals surface area contributed by atoms with Gasteiger partial charge >= 0.3 is 0 Å². The molecule has 18 heavy (non-hydrogen) atoms. The van der Waals surface area contributed by atoms with E-state index in [4.69, 9.17) is 4.74 Å². The van der Waals surface area contributed by atoms with Gasteiger partial charge in [0.15, 0.2) is 5.17 Å². The Balaban J connectivity index is 1.79. The summed E-state index contributed by atoms with van der Waals surface area (Å²) >= 11 is 1.92. The minimum atomic E-state index is 0.370. The van der Waals surface area contributed by atoms with Gasteiger partial charge in [0.05, 0.1) is 18.7 Å². The van der Waals surface area contributed by atoms with Crippen LogP contribution in [0.5, 0.6) is 0 Å². The third-order valence-corrected chi connectivity index (χ3v) is 4.74. The maximum atomic E-state index is 5.51. The van der Waals surface area contributed by atoms with Crippen molar-refractivity contribution in [2.75, 3.05) is 13.7 Å². The Labute approximate surface area is 115 Å². The van der Waals surface area contributed by atoms with E-state index in [1.54, 1.807) is 0 Å². The molecule has 3 nitrogen and oxygen atoms in total. The highest BCUT2D eigenvalue weighted by Crippen LogP contribution is 2.32. The average Bonchev–Trinajstić information content (AvgIpc) is 2.86. The molecule has 0 aromatic carbocycles. The zero-order valence-corrected chi connectivity index (χ0v) is 12.8. The lowest BCUT2D eigenvalue weighted by Crippen LogP contribution is -2.39. The van der Waals surface area contributed by atoms with Gasteiger partial charge in [-0.1, -0.05) is 32.5 Å². The van der Waals surface area contributed by atoms with Crippen LogP contribution in [0.4, 0.5) is 0 Å². The number of hydrogen-bond donors (Lipinski definition) is 1. The lowest BCUT2D eigenvalue weighted by Gasteiger charge is -2.23. The summed E-state index contributed by atoms with van der Waals surface area (Å²) in [5.74, 6) is 0. The van der Waals surface area contributed by atoms with Gasteiger partial charge in [-0.15, -0.1) is 0 Å². The van der Waals surface area contributed by atoms with Crippen molar-refractivity contribution in [2.24, 2.45) is 10.4 Å². The maximum absolute atomic E-state index is 5.51. The molecule has 3 unspecified atom stereocenters. The number of rotatable bonds is 3. The number of aliphatic imine (C=N–C) groups is 1. The number of nitrogens with one attached hydrogen (secondary N) is 1. The minimum absolute atomic E-state index is 0.370. The molecule has 0 amide bonds. The summed E-state index contributed by atoms with van der Waals surface area (Å²) < 4.78 is 5.51. The molecule has 2 rings (SSSR count). The lowest BCUT2D eigenvalue weighted by molar-refractivity contribution is 0.0910. The molecule has 0 bridgehead atoms. The molecule has 0 spiro atoms. The smallest absolute Gasteiger partial charge is 0.157 e. The molecule has 1 N–H and O–H groups in total. The summed E-state index contributed by atoms with van der Waals surface area (Å²) in [5.41, 5.74) is 0.394. The molecule has 1 aliphatic heterocycles. The quantitative estimate of drug-likeness (QED) is 0.856. The lowest BCUT2D eigenvalue weighted by atomic mass is 9.90. The first-order valence-electron chi connectivity index (χ1n) is 6.98. The molecule has 0 aromatic rings. The van der Waals surface area contributed by atoms with Gasteiger partial charge in [0.1, 0.15) is 0 Å². The fourth-order valence-electron chi connectivity index (χ4n) is 2.82. The molecule has 2 aliphatic rings. The molecular weight excluding hydrogens is 244 g/mol. The fourth-order valence-corrected chi connectivity index (χ4v) is 4.23. The van der Waals surface area contributed by atoms with Crippen molar-refractivity contribution in [3.05, 3.63) is 0 Å². The van der Waals surface area contributed by atoms with Gasteiger partial charge in [-0.05, 0) is 31.1 Å². The molecule has 1 saturated carbocycles. The van der Waals surface area contributed by atoms with Crippen LogP contribution in [0, 0.1) is 5.41 Å². The van der Waals surface area contributed by atoms with Crippen LogP contribution in [0.3, 0.4) is 0 Å². The first-order chi connectivity index (χ1) is 8.48. The van der Waals surface area contributed by atoms with Crippen molar-refractivity contribution >= 4 is 16.9 Å².